The minimum Gasteiger partial charge on any atom is -0.496 e. The van der Waals surface area contributed by atoms with E-state index >= 15 is 0 Å². The molecule has 0 unspecified atom stereocenters. The van der Waals surface area contributed by atoms with Crippen LogP contribution in [0.1, 0.15) is 12.0 Å². The molecule has 0 aliphatic carbocycles. The van der Waals surface area contributed by atoms with Crippen molar-refractivity contribution in [3.05, 3.63) is 28.2 Å². The molecular weight excluding hydrogens is 308 g/mol. The van der Waals surface area contributed by atoms with Crippen LogP contribution in [-0.2, 0) is 11.2 Å². The standard InChI is InChI=1S/C14H19BrN2O2/c1-19-13-4-2-10(6-12(13)15)3-5-14(18)17-9-11-7-16-8-11/h2,4,6,11,16H,3,5,7-9H2,1H3,(H,17,18). The van der Waals surface area contributed by atoms with Gasteiger partial charge in [-0.1, -0.05) is 6.07 Å². The average Bonchev–Trinajstić information content (AvgIpc) is 2.34. The largest absolute Gasteiger partial charge is 0.496 e. The summed E-state index contributed by atoms with van der Waals surface area (Å²) in [6.07, 6.45) is 1.27. The molecule has 0 spiro atoms. The fourth-order valence-corrected chi connectivity index (χ4v) is 2.55. The number of ether oxygens (including phenoxy) is 1. The summed E-state index contributed by atoms with van der Waals surface area (Å²) < 4.78 is 6.10. The quantitative estimate of drug-likeness (QED) is 0.837. The van der Waals surface area contributed by atoms with Gasteiger partial charge in [0.1, 0.15) is 5.75 Å². The van der Waals surface area contributed by atoms with E-state index in [-0.39, 0.29) is 5.91 Å². The number of hydrogen-bond donors (Lipinski definition) is 2. The Hall–Kier alpha value is -1.07. The van der Waals surface area contributed by atoms with E-state index in [9.17, 15) is 4.79 Å². The third-order valence-electron chi connectivity index (χ3n) is 3.31. The van der Waals surface area contributed by atoms with Crippen LogP contribution in [0, 0.1) is 5.92 Å². The van der Waals surface area contributed by atoms with Crippen molar-refractivity contribution in [3.63, 3.8) is 0 Å². The summed E-state index contributed by atoms with van der Waals surface area (Å²) >= 11 is 3.45. The molecule has 1 saturated heterocycles. The third kappa shape index (κ3) is 4.21. The molecule has 0 radical (unpaired) electrons. The molecule has 2 rings (SSSR count). The smallest absolute Gasteiger partial charge is 0.220 e. The van der Waals surface area contributed by atoms with E-state index < -0.39 is 0 Å². The van der Waals surface area contributed by atoms with Gasteiger partial charge in [0.05, 0.1) is 11.6 Å². The van der Waals surface area contributed by atoms with Crippen LogP contribution in [0.5, 0.6) is 5.75 Å². The SMILES string of the molecule is COc1ccc(CCC(=O)NCC2CNC2)cc1Br. The first-order valence-electron chi connectivity index (χ1n) is 6.49. The van der Waals surface area contributed by atoms with Crippen molar-refractivity contribution in [1.82, 2.24) is 10.6 Å². The first-order chi connectivity index (χ1) is 9.19. The number of rotatable bonds is 6. The molecular formula is C14H19BrN2O2. The predicted octanol–water partition coefficient (Wildman–Crippen LogP) is 1.73. The monoisotopic (exact) mass is 326 g/mol. The first kappa shape index (κ1) is 14.3. The molecule has 1 aliphatic heterocycles. The number of methoxy groups -OCH3 is 1. The van der Waals surface area contributed by atoms with E-state index in [2.05, 4.69) is 26.6 Å². The second kappa shape index (κ2) is 6.91. The van der Waals surface area contributed by atoms with Crippen molar-refractivity contribution >= 4 is 21.8 Å². The molecule has 0 aromatic heterocycles. The van der Waals surface area contributed by atoms with E-state index in [0.29, 0.717) is 12.3 Å². The van der Waals surface area contributed by atoms with Gasteiger partial charge in [-0.2, -0.15) is 0 Å². The van der Waals surface area contributed by atoms with Gasteiger partial charge in [-0.25, -0.2) is 0 Å². The van der Waals surface area contributed by atoms with Gasteiger partial charge in [0.2, 0.25) is 5.91 Å². The molecule has 2 N–H and O–H groups in total. The Morgan fingerprint density at radius 3 is 2.89 bits per heavy atom. The van der Waals surface area contributed by atoms with Gasteiger partial charge >= 0.3 is 0 Å². The van der Waals surface area contributed by atoms with Crippen LogP contribution in [0.15, 0.2) is 22.7 Å². The summed E-state index contributed by atoms with van der Waals surface area (Å²) in [6.45, 7) is 2.83. The van der Waals surface area contributed by atoms with Crippen molar-refractivity contribution in [2.24, 2.45) is 5.92 Å². The molecule has 0 saturated carbocycles. The minimum atomic E-state index is 0.124. The van der Waals surface area contributed by atoms with Crippen molar-refractivity contribution in [2.45, 2.75) is 12.8 Å². The fraction of sp³-hybridized carbons (Fsp3) is 0.500. The second-order valence-corrected chi connectivity index (χ2v) is 5.65. The lowest BCUT2D eigenvalue weighted by Crippen LogP contribution is -2.48. The lowest BCUT2D eigenvalue weighted by molar-refractivity contribution is -0.121. The number of carbonyl (C=O) groups excluding carboxylic acids is 1. The summed E-state index contributed by atoms with van der Waals surface area (Å²) in [5.74, 6) is 1.55. The van der Waals surface area contributed by atoms with Gasteiger partial charge in [0.25, 0.3) is 0 Å². The molecule has 1 aliphatic rings. The van der Waals surface area contributed by atoms with Crippen LogP contribution in [-0.4, -0.2) is 32.7 Å². The minimum absolute atomic E-state index is 0.124. The molecule has 1 fully saturated rings. The molecule has 1 amide bonds. The molecule has 0 bridgehead atoms. The van der Waals surface area contributed by atoms with Crippen molar-refractivity contribution in [3.8, 4) is 5.75 Å². The van der Waals surface area contributed by atoms with E-state index in [0.717, 1.165) is 41.8 Å². The van der Waals surface area contributed by atoms with Crippen LogP contribution in [0.25, 0.3) is 0 Å². The zero-order valence-electron chi connectivity index (χ0n) is 11.0. The molecule has 19 heavy (non-hydrogen) atoms. The number of amides is 1. The lowest BCUT2D eigenvalue weighted by Gasteiger charge is -2.27. The Labute approximate surface area is 122 Å². The summed E-state index contributed by atoms with van der Waals surface area (Å²) in [5, 5.41) is 6.17. The van der Waals surface area contributed by atoms with Crippen LogP contribution < -0.4 is 15.4 Å². The summed E-state index contributed by atoms with van der Waals surface area (Å²) in [7, 11) is 1.64. The highest BCUT2D eigenvalue weighted by atomic mass is 79.9. The molecule has 1 aromatic rings. The van der Waals surface area contributed by atoms with Crippen molar-refractivity contribution in [1.29, 1.82) is 0 Å². The van der Waals surface area contributed by atoms with E-state index in [4.69, 9.17) is 4.74 Å². The zero-order chi connectivity index (χ0) is 13.7. The van der Waals surface area contributed by atoms with Gasteiger partial charge in [0, 0.05) is 32.0 Å². The second-order valence-electron chi connectivity index (χ2n) is 4.80. The number of carbonyl (C=O) groups is 1. The molecule has 0 atom stereocenters. The van der Waals surface area contributed by atoms with Gasteiger partial charge in [-0.15, -0.1) is 0 Å². The van der Waals surface area contributed by atoms with E-state index in [1.54, 1.807) is 7.11 Å². The topological polar surface area (TPSA) is 50.4 Å². The molecule has 5 heteroatoms. The van der Waals surface area contributed by atoms with Crippen molar-refractivity contribution in [2.75, 3.05) is 26.7 Å². The number of benzene rings is 1. The zero-order valence-corrected chi connectivity index (χ0v) is 12.6. The van der Waals surface area contributed by atoms with E-state index in [1.165, 1.54) is 0 Å². The Morgan fingerprint density at radius 1 is 1.53 bits per heavy atom. The summed E-state index contributed by atoms with van der Waals surface area (Å²) in [4.78, 5) is 11.7. The average molecular weight is 327 g/mol. The highest BCUT2D eigenvalue weighted by Crippen LogP contribution is 2.25. The molecule has 4 nitrogen and oxygen atoms in total. The predicted molar refractivity (Wildman–Crippen MR) is 78.4 cm³/mol. The maximum atomic E-state index is 11.7. The van der Waals surface area contributed by atoms with Gasteiger partial charge in [-0.3, -0.25) is 4.79 Å². The number of hydrogen-bond acceptors (Lipinski definition) is 3. The highest BCUT2D eigenvalue weighted by Gasteiger charge is 2.16. The van der Waals surface area contributed by atoms with Crippen molar-refractivity contribution < 1.29 is 9.53 Å². The lowest BCUT2D eigenvalue weighted by atomic mass is 10.0. The first-order valence-corrected chi connectivity index (χ1v) is 7.28. The van der Waals surface area contributed by atoms with Crippen LogP contribution >= 0.6 is 15.9 Å². The third-order valence-corrected chi connectivity index (χ3v) is 3.93. The number of aryl methyl sites for hydroxylation is 1. The Morgan fingerprint density at radius 2 is 2.32 bits per heavy atom. The Kier molecular flexibility index (Phi) is 5.22. The van der Waals surface area contributed by atoms with Gasteiger partial charge in [-0.05, 0) is 40.0 Å². The maximum absolute atomic E-state index is 11.7. The van der Waals surface area contributed by atoms with Crippen LogP contribution in [0.4, 0.5) is 0 Å². The fourth-order valence-electron chi connectivity index (χ4n) is 1.96. The van der Waals surface area contributed by atoms with E-state index in [1.807, 2.05) is 18.2 Å². The molecule has 1 heterocycles. The molecule has 1 aromatic carbocycles. The highest BCUT2D eigenvalue weighted by molar-refractivity contribution is 9.10. The summed E-state index contributed by atoms with van der Waals surface area (Å²) in [5.41, 5.74) is 1.13. The molecule has 104 valence electrons. The van der Waals surface area contributed by atoms with Gasteiger partial charge in [0.15, 0.2) is 0 Å². The number of nitrogens with one attached hydrogen (secondary N) is 2. The normalized spacial score (nSPS) is 14.8. The Bertz CT molecular complexity index is 447. The van der Waals surface area contributed by atoms with Crippen LogP contribution in [0.2, 0.25) is 0 Å². The van der Waals surface area contributed by atoms with Crippen LogP contribution in [0.3, 0.4) is 0 Å². The summed E-state index contributed by atoms with van der Waals surface area (Å²) in [6, 6.07) is 5.91. The maximum Gasteiger partial charge on any atom is 0.220 e. The number of halogens is 1. The van der Waals surface area contributed by atoms with Gasteiger partial charge < -0.3 is 15.4 Å². The Balaban J connectivity index is 1.74.